The smallest absolute Gasteiger partial charge is 0.162 e. The number of aromatic nitrogens is 2. The van der Waals surface area contributed by atoms with E-state index in [2.05, 4.69) is 9.97 Å². The molecule has 0 aliphatic carbocycles. The van der Waals surface area contributed by atoms with Gasteiger partial charge in [0.15, 0.2) is 11.5 Å². The van der Waals surface area contributed by atoms with E-state index >= 15 is 0 Å². The lowest BCUT2D eigenvalue weighted by Crippen LogP contribution is -2.15. The van der Waals surface area contributed by atoms with Crippen molar-refractivity contribution < 1.29 is 13.9 Å². The first kappa shape index (κ1) is 14.7. The predicted molar refractivity (Wildman–Crippen MR) is 89.8 cm³/mol. The van der Waals surface area contributed by atoms with Crippen LogP contribution >= 0.6 is 0 Å². The highest BCUT2D eigenvalue weighted by molar-refractivity contribution is 5.94. The van der Waals surface area contributed by atoms with Gasteiger partial charge in [-0.2, -0.15) is 0 Å². The molecule has 0 N–H and O–H groups in total. The normalized spacial score (nSPS) is 13.2. The van der Waals surface area contributed by atoms with Gasteiger partial charge in [-0.1, -0.05) is 6.07 Å². The molecule has 6 heteroatoms. The first-order valence-electron chi connectivity index (χ1n) is 7.64. The Balaban J connectivity index is 1.91. The highest BCUT2D eigenvalue weighted by Crippen LogP contribution is 2.39. The van der Waals surface area contributed by atoms with Crippen molar-refractivity contribution in [2.24, 2.45) is 0 Å². The number of hydrogen-bond acceptors (Lipinski definition) is 5. The summed E-state index contributed by atoms with van der Waals surface area (Å²) in [5, 5.41) is 0.840. The van der Waals surface area contributed by atoms with Crippen molar-refractivity contribution >= 4 is 22.4 Å². The average Bonchev–Trinajstić information content (AvgIpc) is 3.02. The van der Waals surface area contributed by atoms with Crippen molar-refractivity contribution in [1.29, 1.82) is 0 Å². The lowest BCUT2D eigenvalue weighted by atomic mass is 10.1. The summed E-state index contributed by atoms with van der Waals surface area (Å²) in [6.07, 6.45) is 2.37. The molecule has 4 rings (SSSR count). The van der Waals surface area contributed by atoms with Crippen LogP contribution in [0.5, 0.6) is 11.5 Å². The molecule has 0 atom stereocenters. The summed E-state index contributed by atoms with van der Waals surface area (Å²) in [6, 6.07) is 8.56. The van der Waals surface area contributed by atoms with Crippen molar-refractivity contribution in [2.75, 3.05) is 25.7 Å². The molecule has 0 bridgehead atoms. The summed E-state index contributed by atoms with van der Waals surface area (Å²) in [6.45, 7) is 0.749. The SMILES string of the molecule is COc1cc2ncnc(N3CCc4ccc(F)cc43)c2cc1OC. The first-order valence-corrected chi connectivity index (χ1v) is 7.64. The molecule has 1 aromatic heterocycles. The summed E-state index contributed by atoms with van der Waals surface area (Å²) in [7, 11) is 3.18. The van der Waals surface area contributed by atoms with Gasteiger partial charge in [0.1, 0.15) is 18.0 Å². The number of methoxy groups -OCH3 is 2. The monoisotopic (exact) mass is 325 g/mol. The maximum absolute atomic E-state index is 13.7. The average molecular weight is 325 g/mol. The molecule has 0 spiro atoms. The Morgan fingerprint density at radius 2 is 1.83 bits per heavy atom. The fourth-order valence-corrected chi connectivity index (χ4v) is 3.16. The van der Waals surface area contributed by atoms with E-state index in [4.69, 9.17) is 9.47 Å². The highest BCUT2D eigenvalue weighted by atomic mass is 19.1. The summed E-state index contributed by atoms with van der Waals surface area (Å²) in [5.41, 5.74) is 2.72. The van der Waals surface area contributed by atoms with Crippen molar-refractivity contribution in [3.05, 3.63) is 48.0 Å². The van der Waals surface area contributed by atoms with Gasteiger partial charge in [0.2, 0.25) is 0 Å². The van der Waals surface area contributed by atoms with E-state index in [0.717, 1.165) is 40.9 Å². The Labute approximate surface area is 138 Å². The fourth-order valence-electron chi connectivity index (χ4n) is 3.16. The van der Waals surface area contributed by atoms with Gasteiger partial charge in [0.25, 0.3) is 0 Å². The second-order valence-electron chi connectivity index (χ2n) is 5.60. The fraction of sp³-hybridized carbons (Fsp3) is 0.222. The topological polar surface area (TPSA) is 47.5 Å². The molecule has 0 saturated carbocycles. The van der Waals surface area contributed by atoms with Crippen LogP contribution in [0.3, 0.4) is 0 Å². The van der Waals surface area contributed by atoms with Gasteiger partial charge in [-0.15, -0.1) is 0 Å². The molecule has 1 aliphatic rings. The third-order valence-electron chi connectivity index (χ3n) is 4.32. The number of halogens is 1. The lowest BCUT2D eigenvalue weighted by molar-refractivity contribution is 0.356. The molecule has 2 heterocycles. The third kappa shape index (κ3) is 2.22. The Morgan fingerprint density at radius 1 is 1.04 bits per heavy atom. The Morgan fingerprint density at radius 3 is 2.62 bits per heavy atom. The summed E-state index contributed by atoms with van der Waals surface area (Å²) < 4.78 is 24.4. The van der Waals surface area contributed by atoms with E-state index in [1.165, 1.54) is 12.4 Å². The van der Waals surface area contributed by atoms with Crippen molar-refractivity contribution in [3.8, 4) is 11.5 Å². The Hall–Kier alpha value is -2.89. The van der Waals surface area contributed by atoms with Crippen LogP contribution in [-0.2, 0) is 6.42 Å². The predicted octanol–water partition coefficient (Wildman–Crippen LogP) is 3.48. The van der Waals surface area contributed by atoms with E-state index in [1.54, 1.807) is 20.3 Å². The van der Waals surface area contributed by atoms with Crippen LogP contribution < -0.4 is 14.4 Å². The van der Waals surface area contributed by atoms with Crippen molar-refractivity contribution in [1.82, 2.24) is 9.97 Å². The zero-order valence-electron chi connectivity index (χ0n) is 13.4. The lowest BCUT2D eigenvalue weighted by Gasteiger charge is -2.20. The summed E-state index contributed by atoms with van der Waals surface area (Å²) in [4.78, 5) is 10.8. The van der Waals surface area contributed by atoms with Crippen LogP contribution in [0.2, 0.25) is 0 Å². The second-order valence-corrected chi connectivity index (χ2v) is 5.60. The minimum absolute atomic E-state index is 0.252. The summed E-state index contributed by atoms with van der Waals surface area (Å²) in [5.74, 6) is 1.71. The minimum atomic E-state index is -0.252. The number of fused-ring (bicyclic) bond motifs is 2. The molecule has 0 saturated heterocycles. The number of nitrogens with zero attached hydrogens (tertiary/aromatic N) is 3. The van der Waals surface area contributed by atoms with Crippen LogP contribution in [0.4, 0.5) is 15.9 Å². The number of anilines is 2. The standard InChI is InChI=1S/C18H16FN3O2/c1-23-16-8-13-14(9-17(16)24-2)20-10-21-18(13)22-6-5-11-3-4-12(19)7-15(11)22/h3-4,7-10H,5-6H2,1-2H3. The van der Waals surface area contributed by atoms with E-state index < -0.39 is 0 Å². The first-order chi connectivity index (χ1) is 11.7. The molecule has 24 heavy (non-hydrogen) atoms. The summed E-state index contributed by atoms with van der Waals surface area (Å²) >= 11 is 0. The van der Waals surface area contributed by atoms with Gasteiger partial charge in [-0.3, -0.25) is 0 Å². The molecule has 3 aromatic rings. The van der Waals surface area contributed by atoms with Crippen LogP contribution in [0.1, 0.15) is 5.56 Å². The van der Waals surface area contributed by atoms with Crippen molar-refractivity contribution in [2.45, 2.75) is 6.42 Å². The number of benzene rings is 2. The molecule has 0 unspecified atom stereocenters. The van der Waals surface area contributed by atoms with Gasteiger partial charge in [-0.05, 0) is 30.2 Å². The van der Waals surface area contributed by atoms with Gasteiger partial charge in [-0.25, -0.2) is 14.4 Å². The van der Waals surface area contributed by atoms with E-state index in [0.29, 0.717) is 11.5 Å². The zero-order valence-corrected chi connectivity index (χ0v) is 13.4. The molecular formula is C18H16FN3O2. The van der Waals surface area contributed by atoms with E-state index in [-0.39, 0.29) is 5.82 Å². The van der Waals surface area contributed by atoms with Gasteiger partial charge in [0.05, 0.1) is 19.7 Å². The minimum Gasteiger partial charge on any atom is -0.493 e. The maximum atomic E-state index is 13.7. The molecule has 122 valence electrons. The van der Waals surface area contributed by atoms with Gasteiger partial charge >= 0.3 is 0 Å². The highest BCUT2D eigenvalue weighted by Gasteiger charge is 2.24. The molecule has 0 amide bonds. The van der Waals surface area contributed by atoms with Gasteiger partial charge < -0.3 is 14.4 Å². The van der Waals surface area contributed by atoms with E-state index in [1.807, 2.05) is 23.1 Å². The van der Waals surface area contributed by atoms with Crippen LogP contribution in [-0.4, -0.2) is 30.7 Å². The number of hydrogen-bond donors (Lipinski definition) is 0. The van der Waals surface area contributed by atoms with Crippen LogP contribution in [0, 0.1) is 5.82 Å². The molecule has 1 aliphatic heterocycles. The van der Waals surface area contributed by atoms with E-state index in [9.17, 15) is 4.39 Å². The number of ether oxygens (including phenoxy) is 2. The molecular weight excluding hydrogens is 309 g/mol. The third-order valence-corrected chi connectivity index (χ3v) is 4.32. The molecule has 0 fully saturated rings. The van der Waals surface area contributed by atoms with Crippen LogP contribution in [0.25, 0.3) is 10.9 Å². The quantitative estimate of drug-likeness (QED) is 0.738. The largest absolute Gasteiger partial charge is 0.493 e. The Bertz CT molecular complexity index is 930. The Kier molecular flexibility index (Phi) is 3.45. The molecule has 5 nitrogen and oxygen atoms in total. The number of rotatable bonds is 3. The van der Waals surface area contributed by atoms with Gasteiger partial charge in [0, 0.05) is 23.7 Å². The molecule has 0 radical (unpaired) electrons. The van der Waals surface area contributed by atoms with Crippen LogP contribution in [0.15, 0.2) is 36.7 Å². The zero-order chi connectivity index (χ0) is 16.7. The molecule has 2 aromatic carbocycles. The van der Waals surface area contributed by atoms with Crippen molar-refractivity contribution in [3.63, 3.8) is 0 Å². The second kappa shape index (κ2) is 5.63. The maximum Gasteiger partial charge on any atom is 0.162 e.